The van der Waals surface area contributed by atoms with Crippen molar-refractivity contribution in [2.75, 3.05) is 5.32 Å². The Bertz CT molecular complexity index is 948. The van der Waals surface area contributed by atoms with E-state index in [4.69, 9.17) is 0 Å². The summed E-state index contributed by atoms with van der Waals surface area (Å²) in [5, 5.41) is 18.3. The van der Waals surface area contributed by atoms with Crippen molar-refractivity contribution in [3.63, 3.8) is 0 Å². The van der Waals surface area contributed by atoms with Crippen LogP contribution in [0.5, 0.6) is 0 Å². The third-order valence-corrected chi connectivity index (χ3v) is 5.67. The summed E-state index contributed by atoms with van der Waals surface area (Å²) in [6.07, 6.45) is 1.53. The van der Waals surface area contributed by atoms with Gasteiger partial charge in [0.2, 0.25) is 0 Å². The third kappa shape index (κ3) is 2.23. The van der Waals surface area contributed by atoms with E-state index in [0.29, 0.717) is 5.52 Å². The Morgan fingerprint density at radius 3 is 3.00 bits per heavy atom. The van der Waals surface area contributed by atoms with Gasteiger partial charge in [0, 0.05) is 22.2 Å². The molecule has 23 heavy (non-hydrogen) atoms. The fourth-order valence-corrected chi connectivity index (χ4v) is 4.37. The molecule has 1 aliphatic rings. The van der Waals surface area contributed by atoms with Gasteiger partial charge in [0.15, 0.2) is 0 Å². The highest BCUT2D eigenvalue weighted by Crippen LogP contribution is 2.43. The van der Waals surface area contributed by atoms with Crippen LogP contribution in [0.1, 0.15) is 31.4 Å². The lowest BCUT2D eigenvalue weighted by Gasteiger charge is -2.23. The van der Waals surface area contributed by atoms with Gasteiger partial charge in [-0.05, 0) is 25.5 Å². The minimum Gasteiger partial charge on any atom is -0.379 e. The van der Waals surface area contributed by atoms with Crippen molar-refractivity contribution in [3.8, 4) is 0 Å². The zero-order valence-electron chi connectivity index (χ0n) is 12.9. The van der Waals surface area contributed by atoms with Gasteiger partial charge in [-0.15, -0.1) is 11.3 Å². The topological polar surface area (TPSA) is 90.0 Å². The molecule has 0 spiro atoms. The molecule has 0 bridgehead atoms. The van der Waals surface area contributed by atoms with E-state index in [-0.39, 0.29) is 17.6 Å². The number of benzene rings is 1. The maximum absolute atomic E-state index is 11.5. The molecule has 7 heteroatoms. The van der Waals surface area contributed by atoms with E-state index in [9.17, 15) is 9.90 Å². The lowest BCUT2D eigenvalue weighted by molar-refractivity contribution is 0.129. The fourth-order valence-electron chi connectivity index (χ4n) is 3.26. The van der Waals surface area contributed by atoms with Crippen LogP contribution < -0.4 is 16.2 Å². The molecular weight excluding hydrogens is 312 g/mol. The van der Waals surface area contributed by atoms with E-state index >= 15 is 0 Å². The monoisotopic (exact) mass is 330 g/mol. The molecular formula is C16H18N4O2S. The molecule has 0 saturated heterocycles. The first kappa shape index (κ1) is 14.6. The van der Waals surface area contributed by atoms with E-state index < -0.39 is 6.23 Å². The largest absolute Gasteiger partial charge is 0.379 e. The van der Waals surface area contributed by atoms with Gasteiger partial charge in [0.25, 0.3) is 5.56 Å². The molecule has 2 unspecified atom stereocenters. The lowest BCUT2D eigenvalue weighted by atomic mass is 10.1. The summed E-state index contributed by atoms with van der Waals surface area (Å²) in [7, 11) is 0. The standard InChI is InChI=1S/C16H18N4O2S/c1-3-8-7(2)18-16(22)15-14(20-8)12-10(23-15)5-4-9-13(12)17-6-11(21)19-9/h4-8,16,18,20,22H,3H2,1-2H3,(H,19,21)/t7-,8?,16?/m1/s1. The average Bonchev–Trinajstić information content (AvgIpc) is 2.85. The summed E-state index contributed by atoms with van der Waals surface area (Å²) in [6.45, 7) is 4.19. The molecule has 0 aliphatic carbocycles. The average molecular weight is 330 g/mol. The van der Waals surface area contributed by atoms with Gasteiger partial charge >= 0.3 is 0 Å². The van der Waals surface area contributed by atoms with Gasteiger partial charge in [-0.3, -0.25) is 10.1 Å². The molecule has 3 atom stereocenters. The molecule has 120 valence electrons. The van der Waals surface area contributed by atoms with E-state index in [2.05, 4.69) is 34.4 Å². The molecule has 3 heterocycles. The van der Waals surface area contributed by atoms with Crippen LogP contribution in [-0.4, -0.2) is 27.2 Å². The minimum atomic E-state index is -0.709. The number of fused-ring (bicyclic) bond motifs is 5. The molecule has 1 aromatic carbocycles. The summed E-state index contributed by atoms with van der Waals surface area (Å²) in [4.78, 5) is 19.5. The number of anilines is 1. The lowest BCUT2D eigenvalue weighted by Crippen LogP contribution is -2.40. The summed E-state index contributed by atoms with van der Waals surface area (Å²) >= 11 is 1.55. The Kier molecular flexibility index (Phi) is 3.37. The highest BCUT2D eigenvalue weighted by molar-refractivity contribution is 7.20. The maximum atomic E-state index is 11.5. The molecule has 1 aliphatic heterocycles. The Morgan fingerprint density at radius 1 is 1.39 bits per heavy atom. The first-order chi connectivity index (χ1) is 11.1. The Morgan fingerprint density at radius 2 is 2.22 bits per heavy atom. The Balaban J connectivity index is 2.04. The first-order valence-corrected chi connectivity index (χ1v) is 8.55. The molecule has 6 nitrogen and oxygen atoms in total. The van der Waals surface area contributed by atoms with Gasteiger partial charge in [-0.2, -0.15) is 0 Å². The number of hydrogen-bond acceptors (Lipinski definition) is 6. The minimum absolute atomic E-state index is 0.146. The molecule has 2 aromatic heterocycles. The number of aliphatic hydroxyl groups excluding tert-OH is 1. The quantitative estimate of drug-likeness (QED) is 0.550. The van der Waals surface area contributed by atoms with Gasteiger partial charge in [-0.1, -0.05) is 6.92 Å². The van der Waals surface area contributed by atoms with Crippen molar-refractivity contribution in [1.29, 1.82) is 0 Å². The van der Waals surface area contributed by atoms with E-state index in [1.807, 2.05) is 12.1 Å². The van der Waals surface area contributed by atoms with Crippen molar-refractivity contribution in [2.45, 2.75) is 38.6 Å². The van der Waals surface area contributed by atoms with Crippen LogP contribution in [0.3, 0.4) is 0 Å². The molecule has 4 N–H and O–H groups in total. The molecule has 4 rings (SSSR count). The zero-order valence-corrected chi connectivity index (χ0v) is 13.7. The summed E-state index contributed by atoms with van der Waals surface area (Å²) in [6, 6.07) is 4.18. The second-order valence-electron chi connectivity index (χ2n) is 5.94. The molecule has 0 amide bonds. The van der Waals surface area contributed by atoms with Crippen LogP contribution >= 0.6 is 11.3 Å². The van der Waals surface area contributed by atoms with Crippen molar-refractivity contribution < 1.29 is 5.11 Å². The first-order valence-electron chi connectivity index (χ1n) is 7.73. The molecule has 0 fully saturated rings. The predicted molar refractivity (Wildman–Crippen MR) is 93.0 cm³/mol. The number of nitrogens with zero attached hydrogens (tertiary/aromatic N) is 1. The highest BCUT2D eigenvalue weighted by atomic mass is 32.1. The number of hydrogen-bond donors (Lipinski definition) is 4. The van der Waals surface area contributed by atoms with Gasteiger partial charge in [0.1, 0.15) is 6.23 Å². The number of thiophene rings is 1. The Hall–Kier alpha value is -1.96. The van der Waals surface area contributed by atoms with Gasteiger partial charge in [-0.25, -0.2) is 4.98 Å². The summed E-state index contributed by atoms with van der Waals surface area (Å²) in [5.74, 6) is 0. The molecule has 0 radical (unpaired) electrons. The number of aromatic nitrogens is 2. The predicted octanol–water partition coefficient (Wildman–Crippen LogP) is 2.31. The van der Waals surface area contributed by atoms with Crippen molar-refractivity contribution in [1.82, 2.24) is 15.3 Å². The van der Waals surface area contributed by atoms with Crippen LogP contribution in [0, 0.1) is 0 Å². The van der Waals surface area contributed by atoms with Crippen LogP contribution in [0.4, 0.5) is 5.69 Å². The second kappa shape index (κ2) is 5.30. The van der Waals surface area contributed by atoms with E-state index in [1.165, 1.54) is 6.20 Å². The SMILES string of the molecule is CCC1Nc2c(sc3ccc4[nH]c(=O)cnc4c23)C(O)N[C@@H]1C. The second-order valence-corrected chi connectivity index (χ2v) is 7.02. The van der Waals surface area contributed by atoms with Crippen LogP contribution in [0.25, 0.3) is 21.1 Å². The van der Waals surface area contributed by atoms with Crippen molar-refractivity contribution in [2.24, 2.45) is 0 Å². The fraction of sp³-hybridized carbons (Fsp3) is 0.375. The number of H-pyrrole nitrogens is 1. The summed E-state index contributed by atoms with van der Waals surface area (Å²) in [5.41, 5.74) is 2.17. The number of aliphatic hydroxyl groups is 1. The number of nitrogens with one attached hydrogen (secondary N) is 3. The third-order valence-electron chi connectivity index (χ3n) is 4.47. The maximum Gasteiger partial charge on any atom is 0.266 e. The smallest absolute Gasteiger partial charge is 0.266 e. The van der Waals surface area contributed by atoms with E-state index in [1.54, 1.807) is 11.3 Å². The number of aromatic amines is 1. The normalized spacial score (nSPS) is 24.4. The molecule has 3 aromatic rings. The van der Waals surface area contributed by atoms with Crippen LogP contribution in [0.15, 0.2) is 23.1 Å². The van der Waals surface area contributed by atoms with Gasteiger partial charge < -0.3 is 15.4 Å². The van der Waals surface area contributed by atoms with Crippen LogP contribution in [-0.2, 0) is 0 Å². The van der Waals surface area contributed by atoms with Crippen LogP contribution in [0.2, 0.25) is 0 Å². The van der Waals surface area contributed by atoms with Crippen molar-refractivity contribution >= 4 is 38.1 Å². The summed E-state index contributed by atoms with van der Waals surface area (Å²) < 4.78 is 1.04. The van der Waals surface area contributed by atoms with E-state index in [0.717, 1.165) is 32.6 Å². The van der Waals surface area contributed by atoms with Crippen molar-refractivity contribution in [3.05, 3.63) is 33.6 Å². The highest BCUT2D eigenvalue weighted by Gasteiger charge is 2.29. The molecule has 0 saturated carbocycles. The van der Waals surface area contributed by atoms with Gasteiger partial charge in [0.05, 0.1) is 27.8 Å². The number of rotatable bonds is 1. The Labute approximate surface area is 136 Å². The zero-order chi connectivity index (χ0) is 16.1.